The molecule has 0 saturated carbocycles. The molecule has 0 atom stereocenters. The Balaban J connectivity index is 1.39. The van der Waals surface area contributed by atoms with Gasteiger partial charge in [0.1, 0.15) is 5.75 Å². The number of aromatic amines is 1. The summed E-state index contributed by atoms with van der Waals surface area (Å²) < 4.78 is 32.9. The van der Waals surface area contributed by atoms with Crippen molar-refractivity contribution in [3.05, 3.63) is 54.2 Å². The molecule has 1 N–H and O–H groups in total. The maximum atomic E-state index is 13.1. The lowest BCUT2D eigenvalue weighted by Gasteiger charge is -2.33. The maximum Gasteiger partial charge on any atom is 0.243 e. The van der Waals surface area contributed by atoms with Crippen molar-refractivity contribution in [3.63, 3.8) is 0 Å². The topological polar surface area (TPSA) is 95.6 Å². The van der Waals surface area contributed by atoms with E-state index in [1.54, 1.807) is 31.5 Å². The summed E-state index contributed by atoms with van der Waals surface area (Å²) in [6.45, 7) is 3.77. The molecule has 2 aromatic carbocycles. The number of amides is 1. The van der Waals surface area contributed by atoms with Gasteiger partial charge in [0.15, 0.2) is 0 Å². The van der Waals surface area contributed by atoms with Gasteiger partial charge in [0.05, 0.1) is 23.7 Å². The fourth-order valence-corrected chi connectivity index (χ4v) is 5.62. The zero-order chi connectivity index (χ0) is 22.7. The quantitative estimate of drug-likeness (QED) is 0.590. The number of nitrogens with zero attached hydrogens (tertiary/aromatic N) is 3. The smallest absolute Gasteiger partial charge is 0.243 e. The molecule has 3 aromatic rings. The minimum atomic E-state index is -3.61. The summed E-state index contributed by atoms with van der Waals surface area (Å²) in [5.41, 5.74) is 1.73. The predicted molar refractivity (Wildman–Crippen MR) is 122 cm³/mol. The molecular weight excluding hydrogens is 428 g/mol. The van der Waals surface area contributed by atoms with Crippen molar-refractivity contribution in [1.82, 2.24) is 19.4 Å². The molecule has 0 bridgehead atoms. The van der Waals surface area contributed by atoms with Crippen LogP contribution in [0.1, 0.15) is 25.3 Å². The van der Waals surface area contributed by atoms with E-state index in [0.717, 1.165) is 16.7 Å². The van der Waals surface area contributed by atoms with Gasteiger partial charge in [0, 0.05) is 37.5 Å². The molecule has 1 aliphatic rings. The van der Waals surface area contributed by atoms with Crippen molar-refractivity contribution in [3.8, 4) is 5.75 Å². The van der Waals surface area contributed by atoms with Crippen molar-refractivity contribution in [1.29, 1.82) is 0 Å². The van der Waals surface area contributed by atoms with Crippen LogP contribution in [-0.2, 0) is 21.4 Å². The van der Waals surface area contributed by atoms with Crippen LogP contribution in [0.15, 0.2) is 53.6 Å². The Morgan fingerprint density at radius 1 is 1.19 bits per heavy atom. The summed E-state index contributed by atoms with van der Waals surface area (Å²) in [5, 5.41) is 7.63. The van der Waals surface area contributed by atoms with E-state index < -0.39 is 10.0 Å². The van der Waals surface area contributed by atoms with Gasteiger partial charge in [0.25, 0.3) is 0 Å². The van der Waals surface area contributed by atoms with Crippen LogP contribution in [0.4, 0.5) is 0 Å². The number of nitrogens with one attached hydrogen (secondary N) is 1. The Hall–Kier alpha value is -2.91. The van der Waals surface area contributed by atoms with Gasteiger partial charge in [-0.1, -0.05) is 12.1 Å². The van der Waals surface area contributed by atoms with Gasteiger partial charge in [-0.25, -0.2) is 8.42 Å². The van der Waals surface area contributed by atoms with E-state index in [4.69, 9.17) is 4.74 Å². The normalized spacial score (nSPS) is 15.7. The third-order valence-corrected chi connectivity index (χ3v) is 7.97. The van der Waals surface area contributed by atoms with Crippen LogP contribution in [0.25, 0.3) is 10.9 Å². The van der Waals surface area contributed by atoms with Crippen LogP contribution in [0, 0.1) is 5.92 Å². The number of rotatable bonds is 7. The molecule has 1 fully saturated rings. The molecule has 2 heterocycles. The Kier molecular flexibility index (Phi) is 6.48. The molecule has 1 aliphatic heterocycles. The van der Waals surface area contributed by atoms with Gasteiger partial charge >= 0.3 is 0 Å². The SMILES string of the molecule is CCN(Cc1ccc(OC)cc1)C(=O)C1CCN(S(=O)(=O)c2ccc3cn[nH]c3c2)CC1. The lowest BCUT2D eigenvalue weighted by atomic mass is 9.96. The number of methoxy groups -OCH3 is 1. The molecular formula is C23H28N4O4S. The molecule has 1 aromatic heterocycles. The fraction of sp³-hybridized carbons (Fsp3) is 0.391. The van der Waals surface area contributed by atoms with E-state index in [0.29, 0.717) is 44.5 Å². The second kappa shape index (κ2) is 9.30. The number of hydrogen-bond donors (Lipinski definition) is 1. The number of hydrogen-bond acceptors (Lipinski definition) is 5. The highest BCUT2D eigenvalue weighted by atomic mass is 32.2. The number of piperidine rings is 1. The summed E-state index contributed by atoms with van der Waals surface area (Å²) in [6.07, 6.45) is 2.70. The second-order valence-corrected chi connectivity index (χ2v) is 9.94. The predicted octanol–water partition coefficient (Wildman–Crippen LogP) is 3.02. The van der Waals surface area contributed by atoms with E-state index in [1.807, 2.05) is 36.1 Å². The zero-order valence-electron chi connectivity index (χ0n) is 18.3. The van der Waals surface area contributed by atoms with Gasteiger partial charge in [0.2, 0.25) is 15.9 Å². The Labute approximate surface area is 188 Å². The first-order chi connectivity index (χ1) is 15.4. The number of H-pyrrole nitrogens is 1. The molecule has 0 aliphatic carbocycles. The highest BCUT2D eigenvalue weighted by Crippen LogP contribution is 2.27. The third kappa shape index (κ3) is 4.49. The molecule has 170 valence electrons. The van der Waals surface area contributed by atoms with E-state index in [2.05, 4.69) is 10.2 Å². The lowest BCUT2D eigenvalue weighted by molar-refractivity contribution is -0.137. The summed E-state index contributed by atoms with van der Waals surface area (Å²) in [5.74, 6) is 0.692. The Morgan fingerprint density at radius 2 is 1.91 bits per heavy atom. The van der Waals surface area contributed by atoms with E-state index in [-0.39, 0.29) is 16.7 Å². The highest BCUT2D eigenvalue weighted by molar-refractivity contribution is 7.89. The lowest BCUT2D eigenvalue weighted by Crippen LogP contribution is -2.44. The minimum absolute atomic E-state index is 0.0826. The largest absolute Gasteiger partial charge is 0.497 e. The standard InChI is InChI=1S/C23H28N4O4S/c1-3-26(16-17-4-7-20(31-2)8-5-17)23(28)18-10-12-27(13-11-18)32(29,30)21-9-6-19-15-24-25-22(19)14-21/h4-9,14-15,18H,3,10-13,16H2,1-2H3,(H,24,25). The van der Waals surface area contributed by atoms with Gasteiger partial charge in [-0.05, 0) is 55.7 Å². The number of carbonyl (C=O) groups excluding carboxylic acids is 1. The fourth-order valence-electron chi connectivity index (χ4n) is 4.12. The number of aromatic nitrogens is 2. The molecule has 9 heteroatoms. The van der Waals surface area contributed by atoms with Crippen molar-refractivity contribution in [2.45, 2.75) is 31.2 Å². The maximum absolute atomic E-state index is 13.1. The molecule has 0 spiro atoms. The summed E-state index contributed by atoms with van der Waals surface area (Å²) in [4.78, 5) is 15.2. The van der Waals surface area contributed by atoms with Crippen molar-refractivity contribution < 1.29 is 17.9 Å². The monoisotopic (exact) mass is 456 g/mol. The van der Waals surface area contributed by atoms with Gasteiger partial charge in [-0.2, -0.15) is 9.40 Å². The Morgan fingerprint density at radius 3 is 2.56 bits per heavy atom. The molecule has 32 heavy (non-hydrogen) atoms. The molecule has 0 radical (unpaired) electrons. The van der Waals surface area contributed by atoms with Crippen LogP contribution in [0.3, 0.4) is 0 Å². The average Bonchev–Trinajstić information content (AvgIpc) is 3.30. The minimum Gasteiger partial charge on any atom is -0.497 e. The second-order valence-electron chi connectivity index (χ2n) is 8.00. The molecule has 1 amide bonds. The van der Waals surface area contributed by atoms with Crippen LogP contribution in [-0.4, -0.2) is 60.5 Å². The van der Waals surface area contributed by atoms with Crippen LogP contribution < -0.4 is 4.74 Å². The van der Waals surface area contributed by atoms with E-state index >= 15 is 0 Å². The van der Waals surface area contributed by atoms with Gasteiger partial charge in [-0.3, -0.25) is 9.89 Å². The summed E-state index contributed by atoms with van der Waals surface area (Å²) in [7, 11) is -1.99. The van der Waals surface area contributed by atoms with Gasteiger partial charge in [-0.15, -0.1) is 0 Å². The number of ether oxygens (including phenoxy) is 1. The molecule has 1 saturated heterocycles. The van der Waals surface area contributed by atoms with Crippen molar-refractivity contribution in [2.75, 3.05) is 26.7 Å². The first kappa shape index (κ1) is 22.3. The molecule has 4 rings (SSSR count). The van der Waals surface area contributed by atoms with Gasteiger partial charge < -0.3 is 9.64 Å². The molecule has 8 nitrogen and oxygen atoms in total. The highest BCUT2D eigenvalue weighted by Gasteiger charge is 2.33. The van der Waals surface area contributed by atoms with Crippen LogP contribution in [0.2, 0.25) is 0 Å². The summed E-state index contributed by atoms with van der Waals surface area (Å²) in [6, 6.07) is 12.7. The van der Waals surface area contributed by atoms with Crippen LogP contribution in [0.5, 0.6) is 5.75 Å². The number of carbonyl (C=O) groups is 1. The van der Waals surface area contributed by atoms with Crippen molar-refractivity contribution >= 4 is 26.8 Å². The average molecular weight is 457 g/mol. The molecule has 0 unspecified atom stereocenters. The first-order valence-electron chi connectivity index (χ1n) is 10.8. The van der Waals surface area contributed by atoms with Crippen LogP contribution >= 0.6 is 0 Å². The number of benzene rings is 2. The van der Waals surface area contributed by atoms with E-state index in [1.165, 1.54) is 4.31 Å². The third-order valence-electron chi connectivity index (χ3n) is 6.08. The Bertz CT molecular complexity index is 1180. The first-order valence-corrected chi connectivity index (χ1v) is 12.2. The van der Waals surface area contributed by atoms with Crippen molar-refractivity contribution in [2.24, 2.45) is 5.92 Å². The number of sulfonamides is 1. The summed E-state index contributed by atoms with van der Waals surface area (Å²) >= 11 is 0. The zero-order valence-corrected chi connectivity index (χ0v) is 19.1. The number of fused-ring (bicyclic) bond motifs is 1. The van der Waals surface area contributed by atoms with E-state index in [9.17, 15) is 13.2 Å².